The molecule has 0 bridgehead atoms. The van der Waals surface area contributed by atoms with Crippen LogP contribution >= 0.6 is 11.8 Å². The molecule has 0 radical (unpaired) electrons. The highest BCUT2D eigenvalue weighted by Gasteiger charge is 2.08. The molecular weight excluding hydrogens is 230 g/mol. The number of nitrogens with one attached hydrogen (secondary N) is 1. The molecule has 0 amide bonds. The Balaban J connectivity index is 2.54. The molecule has 0 aliphatic heterocycles. The van der Waals surface area contributed by atoms with E-state index in [-0.39, 0.29) is 0 Å². The number of thioether (sulfide) groups is 1. The minimum Gasteiger partial charge on any atom is -0.387 e. The van der Waals surface area contributed by atoms with Crippen LogP contribution in [0.4, 0.5) is 0 Å². The summed E-state index contributed by atoms with van der Waals surface area (Å²) in [6.07, 6.45) is -0.421. The lowest BCUT2D eigenvalue weighted by atomic mass is 10.1. The topological polar surface area (TPSA) is 32.3 Å². The van der Waals surface area contributed by atoms with Crippen LogP contribution in [0.2, 0.25) is 0 Å². The molecule has 0 aliphatic rings. The summed E-state index contributed by atoms with van der Waals surface area (Å²) >= 11 is 1.84. The van der Waals surface area contributed by atoms with Gasteiger partial charge in [-0.1, -0.05) is 39.8 Å². The Hall–Kier alpha value is -0.510. The normalized spacial score (nSPS) is 13.4. The summed E-state index contributed by atoms with van der Waals surface area (Å²) in [5.74, 6) is 0. The molecule has 0 heterocycles. The van der Waals surface area contributed by atoms with Crippen molar-refractivity contribution in [2.45, 2.75) is 50.0 Å². The molecule has 17 heavy (non-hydrogen) atoms. The van der Waals surface area contributed by atoms with Crippen LogP contribution < -0.4 is 5.32 Å². The monoisotopic (exact) mass is 253 g/mol. The molecule has 0 spiro atoms. The molecule has 2 nitrogen and oxygen atoms in total. The molecule has 1 aromatic carbocycles. The first-order valence-electron chi connectivity index (χ1n) is 6.17. The van der Waals surface area contributed by atoms with Crippen LogP contribution in [-0.2, 0) is 0 Å². The van der Waals surface area contributed by atoms with E-state index in [0.717, 1.165) is 5.56 Å². The van der Waals surface area contributed by atoms with Gasteiger partial charge in [0.2, 0.25) is 0 Å². The lowest BCUT2D eigenvalue weighted by molar-refractivity contribution is 0.171. The number of benzene rings is 1. The van der Waals surface area contributed by atoms with Crippen molar-refractivity contribution in [1.29, 1.82) is 0 Å². The molecule has 96 valence electrons. The van der Waals surface area contributed by atoms with Gasteiger partial charge in [0.1, 0.15) is 0 Å². The van der Waals surface area contributed by atoms with Crippen molar-refractivity contribution in [3.8, 4) is 0 Å². The molecule has 1 rings (SSSR count). The maximum absolute atomic E-state index is 9.97. The lowest BCUT2D eigenvalue weighted by Gasteiger charge is -2.15. The Kier molecular flexibility index (Phi) is 6.03. The van der Waals surface area contributed by atoms with Gasteiger partial charge in [-0.25, -0.2) is 0 Å². The summed E-state index contributed by atoms with van der Waals surface area (Å²) < 4.78 is 0. The SMILES string of the molecule is CC(C)NCC(O)c1ccc(SC(C)C)cc1. The van der Waals surface area contributed by atoms with E-state index in [4.69, 9.17) is 0 Å². The van der Waals surface area contributed by atoms with Crippen molar-refractivity contribution in [2.75, 3.05) is 6.54 Å². The second kappa shape index (κ2) is 7.04. The smallest absolute Gasteiger partial charge is 0.0914 e. The van der Waals surface area contributed by atoms with Crippen molar-refractivity contribution in [1.82, 2.24) is 5.32 Å². The predicted molar refractivity (Wildman–Crippen MR) is 75.5 cm³/mol. The molecule has 0 aromatic heterocycles. The van der Waals surface area contributed by atoms with E-state index >= 15 is 0 Å². The third-order valence-corrected chi connectivity index (χ3v) is 3.37. The quantitative estimate of drug-likeness (QED) is 0.764. The van der Waals surface area contributed by atoms with Gasteiger partial charge >= 0.3 is 0 Å². The standard InChI is InChI=1S/C14H23NOS/c1-10(2)15-9-14(16)12-5-7-13(8-6-12)17-11(3)4/h5-8,10-11,14-16H,9H2,1-4H3. The zero-order chi connectivity index (χ0) is 12.8. The highest BCUT2D eigenvalue weighted by Crippen LogP contribution is 2.24. The summed E-state index contributed by atoms with van der Waals surface area (Å²) in [5, 5.41) is 13.8. The van der Waals surface area contributed by atoms with Gasteiger partial charge < -0.3 is 10.4 Å². The molecule has 1 atom stereocenters. The van der Waals surface area contributed by atoms with Gasteiger partial charge in [-0.3, -0.25) is 0 Å². The third kappa shape index (κ3) is 5.57. The zero-order valence-electron chi connectivity index (χ0n) is 11.1. The minimum absolute atomic E-state index is 0.403. The number of aliphatic hydroxyl groups excluding tert-OH is 1. The van der Waals surface area contributed by atoms with Crippen LogP contribution in [0.1, 0.15) is 39.4 Å². The summed E-state index contributed by atoms with van der Waals surface area (Å²) in [7, 11) is 0. The number of rotatable bonds is 6. The van der Waals surface area contributed by atoms with Crippen molar-refractivity contribution in [3.63, 3.8) is 0 Å². The Bertz CT molecular complexity index is 321. The van der Waals surface area contributed by atoms with Gasteiger partial charge in [-0.15, -0.1) is 11.8 Å². The average molecular weight is 253 g/mol. The van der Waals surface area contributed by atoms with Gasteiger partial charge in [0.25, 0.3) is 0 Å². The average Bonchev–Trinajstić information content (AvgIpc) is 2.26. The van der Waals surface area contributed by atoms with E-state index in [9.17, 15) is 5.11 Å². The van der Waals surface area contributed by atoms with Crippen LogP contribution in [0.5, 0.6) is 0 Å². The van der Waals surface area contributed by atoms with Gasteiger partial charge in [-0.05, 0) is 17.7 Å². The molecule has 0 fully saturated rings. The van der Waals surface area contributed by atoms with E-state index in [2.05, 4.69) is 45.1 Å². The highest BCUT2D eigenvalue weighted by molar-refractivity contribution is 7.99. The Morgan fingerprint density at radius 1 is 1.12 bits per heavy atom. The molecule has 1 aromatic rings. The maximum Gasteiger partial charge on any atom is 0.0914 e. The van der Waals surface area contributed by atoms with Crippen LogP contribution in [-0.4, -0.2) is 22.9 Å². The van der Waals surface area contributed by atoms with Crippen molar-refractivity contribution < 1.29 is 5.11 Å². The molecule has 2 N–H and O–H groups in total. The number of hydrogen-bond donors (Lipinski definition) is 2. The van der Waals surface area contributed by atoms with Crippen molar-refractivity contribution in [2.24, 2.45) is 0 Å². The van der Waals surface area contributed by atoms with E-state index in [1.54, 1.807) is 0 Å². The van der Waals surface area contributed by atoms with E-state index in [0.29, 0.717) is 17.8 Å². The van der Waals surface area contributed by atoms with E-state index < -0.39 is 6.10 Å². The summed E-state index contributed by atoms with van der Waals surface area (Å²) in [6.45, 7) is 9.12. The van der Waals surface area contributed by atoms with Gasteiger partial charge in [0.05, 0.1) is 6.10 Å². The molecule has 0 aliphatic carbocycles. The zero-order valence-corrected chi connectivity index (χ0v) is 11.9. The second-order valence-corrected chi connectivity index (χ2v) is 6.46. The largest absolute Gasteiger partial charge is 0.387 e. The third-order valence-electron chi connectivity index (χ3n) is 2.36. The number of hydrogen-bond acceptors (Lipinski definition) is 3. The van der Waals surface area contributed by atoms with E-state index in [1.807, 2.05) is 23.9 Å². The molecule has 0 saturated heterocycles. The van der Waals surface area contributed by atoms with Crippen LogP contribution in [0, 0.1) is 0 Å². The van der Waals surface area contributed by atoms with Crippen molar-refractivity contribution in [3.05, 3.63) is 29.8 Å². The summed E-state index contributed by atoms with van der Waals surface area (Å²) in [6, 6.07) is 8.59. The Labute approximate surface area is 109 Å². The van der Waals surface area contributed by atoms with Crippen LogP contribution in [0.15, 0.2) is 29.2 Å². The summed E-state index contributed by atoms with van der Waals surface area (Å²) in [5.41, 5.74) is 0.978. The van der Waals surface area contributed by atoms with Gasteiger partial charge in [0, 0.05) is 22.7 Å². The van der Waals surface area contributed by atoms with Gasteiger partial charge in [-0.2, -0.15) is 0 Å². The molecule has 1 unspecified atom stereocenters. The first kappa shape index (κ1) is 14.6. The minimum atomic E-state index is -0.421. The van der Waals surface area contributed by atoms with Crippen LogP contribution in [0.3, 0.4) is 0 Å². The Morgan fingerprint density at radius 3 is 2.18 bits per heavy atom. The van der Waals surface area contributed by atoms with Crippen LogP contribution in [0.25, 0.3) is 0 Å². The maximum atomic E-state index is 9.97. The Morgan fingerprint density at radius 2 is 1.71 bits per heavy atom. The van der Waals surface area contributed by atoms with E-state index in [1.165, 1.54) is 4.90 Å². The molecule has 3 heteroatoms. The van der Waals surface area contributed by atoms with Gasteiger partial charge in [0.15, 0.2) is 0 Å². The lowest BCUT2D eigenvalue weighted by Crippen LogP contribution is -2.27. The fourth-order valence-electron chi connectivity index (χ4n) is 1.51. The van der Waals surface area contributed by atoms with Crippen molar-refractivity contribution >= 4 is 11.8 Å². The predicted octanol–water partition coefficient (Wildman–Crippen LogP) is 3.22. The molecular formula is C14H23NOS. The first-order valence-corrected chi connectivity index (χ1v) is 7.05. The molecule has 0 saturated carbocycles. The number of aliphatic hydroxyl groups is 1. The first-order chi connectivity index (χ1) is 7.99. The second-order valence-electron chi connectivity index (χ2n) is 4.81. The fourth-order valence-corrected chi connectivity index (χ4v) is 2.34. The summed E-state index contributed by atoms with van der Waals surface area (Å²) in [4.78, 5) is 1.26. The fraction of sp³-hybridized carbons (Fsp3) is 0.571. The highest BCUT2D eigenvalue weighted by atomic mass is 32.2.